The Morgan fingerprint density at radius 1 is 1.27 bits per heavy atom. The molecule has 1 saturated heterocycles. The van der Waals surface area contributed by atoms with E-state index in [0.717, 1.165) is 17.0 Å². The van der Waals surface area contributed by atoms with Crippen molar-refractivity contribution in [2.45, 2.75) is 38.9 Å². The molecule has 3 heterocycles. The van der Waals surface area contributed by atoms with Crippen LogP contribution in [-0.4, -0.2) is 27.9 Å². The third-order valence-electron chi connectivity index (χ3n) is 4.56. The van der Waals surface area contributed by atoms with Crippen LogP contribution in [0.15, 0.2) is 30.3 Å². The first-order valence-corrected chi connectivity index (χ1v) is 7.34. The van der Waals surface area contributed by atoms with E-state index in [1.54, 1.807) is 6.20 Å². The van der Waals surface area contributed by atoms with Crippen molar-refractivity contribution in [2.75, 3.05) is 0 Å². The fourth-order valence-electron chi connectivity index (χ4n) is 2.48. The molecular weight excluding hydrogens is 282 g/mol. The van der Waals surface area contributed by atoms with E-state index >= 15 is 0 Å². The Morgan fingerprint density at radius 3 is 2.55 bits per heavy atom. The zero-order valence-corrected chi connectivity index (χ0v) is 13.6. The summed E-state index contributed by atoms with van der Waals surface area (Å²) in [6.07, 6.45) is 5.01. The van der Waals surface area contributed by atoms with Crippen molar-refractivity contribution in [3.63, 3.8) is 0 Å². The highest BCUT2D eigenvalue weighted by molar-refractivity contribution is 6.54. The molecule has 0 atom stereocenters. The maximum absolute atomic E-state index is 14.6. The number of halogens is 1. The number of pyridine rings is 1. The highest BCUT2D eigenvalue weighted by Crippen LogP contribution is 2.39. The summed E-state index contributed by atoms with van der Waals surface area (Å²) in [6.45, 7) is 7.61. The van der Waals surface area contributed by atoms with Crippen molar-refractivity contribution in [3.8, 4) is 11.4 Å². The van der Waals surface area contributed by atoms with Crippen LogP contribution in [0.5, 0.6) is 0 Å². The Hall–Kier alpha value is -1.66. The SMILES string of the molecule is Cn1cccc2c(C=C(F)B3OC(C)(C)C(C)(C)O3)cnc1-2. The van der Waals surface area contributed by atoms with E-state index in [0.29, 0.717) is 0 Å². The van der Waals surface area contributed by atoms with Crippen LogP contribution in [0.25, 0.3) is 17.5 Å². The lowest BCUT2D eigenvalue weighted by atomic mass is 9.86. The smallest absolute Gasteiger partial charge is 0.398 e. The molecule has 6 heteroatoms. The van der Waals surface area contributed by atoms with Gasteiger partial charge in [0.25, 0.3) is 0 Å². The molecule has 0 spiro atoms. The van der Waals surface area contributed by atoms with E-state index in [2.05, 4.69) is 4.98 Å². The summed E-state index contributed by atoms with van der Waals surface area (Å²) in [5, 5.41) is 0. The number of fused-ring (bicyclic) bond motifs is 1. The van der Waals surface area contributed by atoms with E-state index < -0.39 is 24.0 Å². The summed E-state index contributed by atoms with van der Waals surface area (Å²) >= 11 is 0. The Labute approximate surface area is 130 Å². The van der Waals surface area contributed by atoms with Crippen LogP contribution >= 0.6 is 0 Å². The van der Waals surface area contributed by atoms with Crippen LogP contribution in [0, 0.1) is 0 Å². The molecule has 0 aliphatic carbocycles. The minimum Gasteiger partial charge on any atom is -0.398 e. The van der Waals surface area contributed by atoms with E-state index in [1.807, 2.05) is 57.6 Å². The molecule has 3 aliphatic heterocycles. The number of rotatable bonds is 2. The second-order valence-corrected chi connectivity index (χ2v) is 6.69. The van der Waals surface area contributed by atoms with Gasteiger partial charge in [0.15, 0.2) is 0 Å². The Bertz CT molecular complexity index is 692. The van der Waals surface area contributed by atoms with Gasteiger partial charge in [0.1, 0.15) is 11.6 Å². The fourth-order valence-corrected chi connectivity index (χ4v) is 2.48. The first-order chi connectivity index (χ1) is 10.2. The van der Waals surface area contributed by atoms with Crippen molar-refractivity contribution < 1.29 is 13.7 Å². The highest BCUT2D eigenvalue weighted by atomic mass is 19.1. The molecule has 0 radical (unpaired) electrons. The summed E-state index contributed by atoms with van der Waals surface area (Å²) in [7, 11) is 0.931. The fraction of sp³-hybridized carbons (Fsp3) is 0.438. The number of hydrogen-bond donors (Lipinski definition) is 0. The molecule has 0 N–H and O–H groups in total. The molecule has 0 amide bonds. The van der Waals surface area contributed by atoms with Crippen molar-refractivity contribution in [3.05, 3.63) is 35.8 Å². The van der Waals surface area contributed by atoms with Crippen LogP contribution in [0.1, 0.15) is 33.3 Å². The van der Waals surface area contributed by atoms with Gasteiger partial charge in [0.2, 0.25) is 0 Å². The van der Waals surface area contributed by atoms with Crippen LogP contribution < -0.4 is 0 Å². The first-order valence-electron chi connectivity index (χ1n) is 7.34. The molecule has 0 bridgehead atoms. The van der Waals surface area contributed by atoms with Gasteiger partial charge in [-0.25, -0.2) is 9.37 Å². The maximum atomic E-state index is 14.6. The molecule has 22 heavy (non-hydrogen) atoms. The second-order valence-electron chi connectivity index (χ2n) is 6.69. The topological polar surface area (TPSA) is 36.3 Å². The number of nitrogens with zero attached hydrogens (tertiary/aromatic N) is 2. The zero-order chi connectivity index (χ0) is 16.1. The molecule has 4 nitrogen and oxygen atoms in total. The van der Waals surface area contributed by atoms with Gasteiger partial charge < -0.3 is 13.9 Å². The second kappa shape index (κ2) is 4.93. The van der Waals surface area contributed by atoms with E-state index in [4.69, 9.17) is 9.31 Å². The molecule has 0 aromatic carbocycles. The van der Waals surface area contributed by atoms with Gasteiger partial charge >= 0.3 is 7.12 Å². The van der Waals surface area contributed by atoms with Gasteiger partial charge in [-0.15, -0.1) is 0 Å². The van der Waals surface area contributed by atoms with Crippen LogP contribution in [0.2, 0.25) is 0 Å². The third-order valence-corrected chi connectivity index (χ3v) is 4.56. The number of hydrogen-bond acceptors (Lipinski definition) is 3. The predicted molar refractivity (Wildman–Crippen MR) is 85.0 cm³/mol. The van der Waals surface area contributed by atoms with Crippen LogP contribution in [0.4, 0.5) is 4.39 Å². The largest absolute Gasteiger partial charge is 0.525 e. The van der Waals surface area contributed by atoms with E-state index in [-0.39, 0.29) is 0 Å². The predicted octanol–water partition coefficient (Wildman–Crippen LogP) is 3.47. The summed E-state index contributed by atoms with van der Waals surface area (Å²) in [5.74, 6) is 0.815. The maximum Gasteiger partial charge on any atom is 0.525 e. The van der Waals surface area contributed by atoms with E-state index in [9.17, 15) is 4.39 Å². The Kier molecular flexibility index (Phi) is 3.42. The molecule has 0 aromatic heterocycles. The highest BCUT2D eigenvalue weighted by Gasteiger charge is 2.53. The molecule has 0 saturated carbocycles. The molecule has 0 aromatic rings. The van der Waals surface area contributed by atoms with Gasteiger partial charge in [-0.05, 0) is 45.9 Å². The monoisotopic (exact) mass is 302 g/mol. The average Bonchev–Trinajstić information content (AvgIpc) is 2.90. The van der Waals surface area contributed by atoms with Gasteiger partial charge in [0.05, 0.1) is 11.2 Å². The quantitative estimate of drug-likeness (QED) is 0.797. The Balaban J connectivity index is 1.90. The van der Waals surface area contributed by atoms with Crippen molar-refractivity contribution in [1.29, 1.82) is 0 Å². The van der Waals surface area contributed by atoms with Crippen molar-refractivity contribution >= 4 is 13.2 Å². The minimum absolute atomic E-state index is 0.445. The van der Waals surface area contributed by atoms with Crippen LogP contribution in [-0.2, 0) is 16.4 Å². The molecule has 3 rings (SSSR count). The normalized spacial score (nSPS) is 20.8. The summed E-state index contributed by atoms with van der Waals surface area (Å²) < 4.78 is 27.9. The summed E-state index contributed by atoms with van der Waals surface area (Å²) in [5.41, 5.74) is 0.0676. The Morgan fingerprint density at radius 2 is 1.91 bits per heavy atom. The lowest BCUT2D eigenvalue weighted by Crippen LogP contribution is -2.41. The number of aromatic nitrogens is 2. The summed E-state index contributed by atoms with van der Waals surface area (Å²) in [4.78, 5) is 4.33. The van der Waals surface area contributed by atoms with Gasteiger partial charge in [-0.1, -0.05) is 0 Å². The molecular formula is C16H20BFN2O2. The minimum atomic E-state index is -0.979. The molecule has 1 fully saturated rings. The first kappa shape index (κ1) is 15.2. The average molecular weight is 302 g/mol. The molecule has 0 unspecified atom stereocenters. The zero-order valence-electron chi connectivity index (χ0n) is 13.6. The summed E-state index contributed by atoms with van der Waals surface area (Å²) in [6, 6.07) is 3.83. The van der Waals surface area contributed by atoms with E-state index in [1.165, 1.54) is 6.08 Å². The lowest BCUT2D eigenvalue weighted by molar-refractivity contribution is 0.00578. The van der Waals surface area contributed by atoms with Gasteiger partial charge in [-0.3, -0.25) is 0 Å². The van der Waals surface area contributed by atoms with Crippen LogP contribution in [0.3, 0.4) is 0 Å². The number of aryl methyl sites for hydroxylation is 1. The van der Waals surface area contributed by atoms with Gasteiger partial charge in [-0.2, -0.15) is 0 Å². The van der Waals surface area contributed by atoms with Crippen molar-refractivity contribution in [2.24, 2.45) is 7.05 Å². The van der Waals surface area contributed by atoms with Crippen molar-refractivity contribution in [1.82, 2.24) is 9.55 Å². The molecule has 3 aliphatic rings. The van der Waals surface area contributed by atoms with Gasteiger partial charge in [0, 0.05) is 30.6 Å². The third kappa shape index (κ3) is 2.36. The molecule has 116 valence electrons. The standard InChI is InChI=1S/C16H20BFN2O2/c1-15(2)16(3,4)22-17(21-15)13(18)9-11-10-19-14-12(11)7-6-8-20(14)5/h6-10H,1-5H3. The lowest BCUT2D eigenvalue weighted by Gasteiger charge is -2.32.